The minimum Gasteiger partial charge on any atom is -0.479 e. The van der Waals surface area contributed by atoms with Crippen LogP contribution in [0, 0.1) is 5.92 Å². The number of amides is 2. The zero-order valence-electron chi connectivity index (χ0n) is 12.2. The summed E-state index contributed by atoms with van der Waals surface area (Å²) in [6.45, 7) is 3.41. The summed E-state index contributed by atoms with van der Waals surface area (Å²) in [5.74, 6) is -1.73. The average molecular weight is 294 g/mol. The summed E-state index contributed by atoms with van der Waals surface area (Å²) in [5, 5.41) is 15.8. The number of carbonyl (C=O) groups excluding carboxylic acids is 2. The van der Waals surface area contributed by atoms with Crippen molar-refractivity contribution < 1.29 is 19.5 Å². The lowest BCUT2D eigenvalue weighted by Crippen LogP contribution is -2.36. The van der Waals surface area contributed by atoms with Crippen LogP contribution in [0.1, 0.15) is 20.3 Å². The first-order valence-electron chi connectivity index (χ1n) is 6.55. The Balaban J connectivity index is 2.05. The van der Waals surface area contributed by atoms with E-state index in [9.17, 15) is 14.4 Å². The maximum absolute atomic E-state index is 12.1. The Morgan fingerprint density at radius 3 is 2.67 bits per heavy atom. The second kappa shape index (κ2) is 5.19. The van der Waals surface area contributed by atoms with E-state index in [0.29, 0.717) is 12.2 Å². The quantitative estimate of drug-likeness (QED) is 0.820. The summed E-state index contributed by atoms with van der Waals surface area (Å²) in [6.07, 6.45) is 3.05. The highest BCUT2D eigenvalue weighted by Crippen LogP contribution is 2.20. The van der Waals surface area contributed by atoms with E-state index in [0.717, 1.165) is 0 Å². The molecule has 0 bridgehead atoms. The molecule has 0 aromatic carbocycles. The second-order valence-corrected chi connectivity index (χ2v) is 5.70. The topological polar surface area (TPSA) is 105 Å². The molecule has 1 atom stereocenters. The van der Waals surface area contributed by atoms with Crippen molar-refractivity contribution in [2.75, 3.05) is 18.9 Å². The van der Waals surface area contributed by atoms with Crippen molar-refractivity contribution in [2.45, 2.75) is 25.8 Å². The molecule has 0 aliphatic carbocycles. The fraction of sp³-hybridized carbons (Fsp3) is 0.538. The van der Waals surface area contributed by atoms with Crippen LogP contribution in [-0.2, 0) is 19.9 Å². The Kier molecular flexibility index (Phi) is 3.71. The summed E-state index contributed by atoms with van der Waals surface area (Å²) in [5.41, 5.74) is -0.789. The molecule has 1 unspecified atom stereocenters. The van der Waals surface area contributed by atoms with Gasteiger partial charge < -0.3 is 15.3 Å². The lowest BCUT2D eigenvalue weighted by molar-refractivity contribution is -0.146. The summed E-state index contributed by atoms with van der Waals surface area (Å²) in [4.78, 5) is 36.1. The number of hydrogen-bond donors (Lipinski definition) is 2. The van der Waals surface area contributed by atoms with Gasteiger partial charge in [-0.15, -0.1) is 0 Å². The van der Waals surface area contributed by atoms with Gasteiger partial charge in [-0.05, 0) is 13.8 Å². The number of nitrogens with zero attached hydrogens (tertiary/aromatic N) is 3. The molecule has 2 amide bonds. The Bertz CT molecular complexity index is 593. The predicted molar refractivity (Wildman–Crippen MR) is 73.6 cm³/mol. The van der Waals surface area contributed by atoms with Crippen molar-refractivity contribution in [3.63, 3.8) is 0 Å². The van der Waals surface area contributed by atoms with Crippen molar-refractivity contribution in [2.24, 2.45) is 5.92 Å². The number of hydrogen-bond acceptors (Lipinski definition) is 4. The first-order chi connectivity index (χ1) is 9.71. The fourth-order valence-corrected chi connectivity index (χ4v) is 2.07. The van der Waals surface area contributed by atoms with E-state index in [4.69, 9.17) is 5.11 Å². The van der Waals surface area contributed by atoms with Gasteiger partial charge in [0.2, 0.25) is 11.8 Å². The molecule has 2 N–H and O–H groups in total. The monoisotopic (exact) mass is 294 g/mol. The van der Waals surface area contributed by atoms with Crippen LogP contribution in [0.3, 0.4) is 0 Å². The number of nitrogens with one attached hydrogen (secondary N) is 1. The zero-order valence-corrected chi connectivity index (χ0v) is 12.2. The van der Waals surface area contributed by atoms with Crippen LogP contribution in [0.4, 0.5) is 5.69 Å². The first kappa shape index (κ1) is 15.0. The normalized spacial score (nSPS) is 18.9. The Morgan fingerprint density at radius 1 is 1.48 bits per heavy atom. The van der Waals surface area contributed by atoms with Gasteiger partial charge in [-0.3, -0.25) is 14.3 Å². The molecule has 1 aromatic heterocycles. The number of anilines is 1. The number of carbonyl (C=O) groups is 3. The van der Waals surface area contributed by atoms with Crippen LogP contribution < -0.4 is 5.32 Å². The number of likely N-dealkylation sites (tertiary alicyclic amines) is 1. The largest absolute Gasteiger partial charge is 0.479 e. The number of aromatic nitrogens is 2. The van der Waals surface area contributed by atoms with Gasteiger partial charge in [0.05, 0.1) is 17.8 Å². The molecule has 0 spiro atoms. The Labute approximate surface area is 121 Å². The molecule has 8 nitrogen and oxygen atoms in total. The van der Waals surface area contributed by atoms with E-state index in [2.05, 4.69) is 10.4 Å². The van der Waals surface area contributed by atoms with Gasteiger partial charge in [0.15, 0.2) is 5.54 Å². The van der Waals surface area contributed by atoms with Crippen molar-refractivity contribution in [1.29, 1.82) is 0 Å². The van der Waals surface area contributed by atoms with Gasteiger partial charge in [-0.1, -0.05) is 0 Å². The summed E-state index contributed by atoms with van der Waals surface area (Å²) in [7, 11) is 1.66. The molecule has 21 heavy (non-hydrogen) atoms. The molecule has 0 saturated carbocycles. The van der Waals surface area contributed by atoms with Crippen molar-refractivity contribution >= 4 is 23.5 Å². The molecule has 8 heteroatoms. The van der Waals surface area contributed by atoms with Crippen LogP contribution in [-0.4, -0.2) is 51.2 Å². The van der Waals surface area contributed by atoms with Gasteiger partial charge in [-0.2, -0.15) is 5.10 Å². The van der Waals surface area contributed by atoms with Crippen molar-refractivity contribution in [1.82, 2.24) is 14.7 Å². The molecular weight excluding hydrogens is 276 g/mol. The highest BCUT2D eigenvalue weighted by molar-refractivity contribution is 5.97. The predicted octanol–water partition coefficient (Wildman–Crippen LogP) is 0.120. The molecule has 1 fully saturated rings. The zero-order chi connectivity index (χ0) is 15.8. The van der Waals surface area contributed by atoms with E-state index < -0.39 is 17.4 Å². The molecule has 0 radical (unpaired) electrons. The third kappa shape index (κ3) is 2.88. The number of carboxylic acids is 1. The Hall–Kier alpha value is -2.38. The van der Waals surface area contributed by atoms with Gasteiger partial charge in [0.25, 0.3) is 0 Å². The smallest absolute Gasteiger partial charge is 0.331 e. The van der Waals surface area contributed by atoms with E-state index in [1.807, 2.05) is 0 Å². The molecule has 1 aliphatic rings. The SMILES string of the molecule is CN1CC(C(=O)Nc2cnn(C(C)(C)C(=O)O)c2)CC1=O. The lowest BCUT2D eigenvalue weighted by Gasteiger charge is -2.19. The van der Waals surface area contributed by atoms with Crippen LogP contribution in [0.15, 0.2) is 12.4 Å². The summed E-state index contributed by atoms with van der Waals surface area (Å²) >= 11 is 0. The Morgan fingerprint density at radius 2 is 2.14 bits per heavy atom. The standard InChI is InChI=1S/C13H18N4O4/c1-13(2,12(20)21)17-7-9(5-14-17)15-11(19)8-4-10(18)16(3)6-8/h5,7-8H,4,6H2,1-3H3,(H,15,19)(H,20,21). The van der Waals surface area contributed by atoms with Gasteiger partial charge in [0, 0.05) is 26.2 Å². The van der Waals surface area contributed by atoms with Crippen LogP contribution in [0.5, 0.6) is 0 Å². The average Bonchev–Trinajstić information content (AvgIpc) is 2.98. The van der Waals surface area contributed by atoms with Gasteiger partial charge >= 0.3 is 5.97 Å². The number of rotatable bonds is 4. The molecule has 1 saturated heterocycles. The number of aliphatic carboxylic acids is 1. The molecule has 1 aromatic rings. The van der Waals surface area contributed by atoms with E-state index >= 15 is 0 Å². The molecule has 2 rings (SSSR count). The van der Waals surface area contributed by atoms with Crippen LogP contribution in [0.2, 0.25) is 0 Å². The van der Waals surface area contributed by atoms with E-state index in [-0.39, 0.29) is 18.2 Å². The van der Waals surface area contributed by atoms with E-state index in [1.165, 1.54) is 35.8 Å². The summed E-state index contributed by atoms with van der Waals surface area (Å²) < 4.78 is 1.27. The van der Waals surface area contributed by atoms with E-state index in [1.54, 1.807) is 7.05 Å². The minimum atomic E-state index is -1.20. The first-order valence-corrected chi connectivity index (χ1v) is 6.55. The third-order valence-electron chi connectivity index (χ3n) is 3.66. The molecule has 2 heterocycles. The fourth-order valence-electron chi connectivity index (χ4n) is 2.07. The van der Waals surface area contributed by atoms with Crippen LogP contribution in [0.25, 0.3) is 0 Å². The van der Waals surface area contributed by atoms with Crippen molar-refractivity contribution in [3.8, 4) is 0 Å². The number of carboxylic acid groups (broad SMARTS) is 1. The third-order valence-corrected chi connectivity index (χ3v) is 3.66. The van der Waals surface area contributed by atoms with Crippen LogP contribution >= 0.6 is 0 Å². The van der Waals surface area contributed by atoms with Gasteiger partial charge in [0.1, 0.15) is 0 Å². The van der Waals surface area contributed by atoms with Crippen molar-refractivity contribution in [3.05, 3.63) is 12.4 Å². The highest BCUT2D eigenvalue weighted by Gasteiger charge is 2.33. The molecule has 1 aliphatic heterocycles. The van der Waals surface area contributed by atoms with Gasteiger partial charge in [-0.25, -0.2) is 4.79 Å². The summed E-state index contributed by atoms with van der Waals surface area (Å²) in [6, 6.07) is 0. The minimum absolute atomic E-state index is 0.0575. The second-order valence-electron chi connectivity index (χ2n) is 5.70. The molecule has 114 valence electrons. The maximum Gasteiger partial charge on any atom is 0.331 e. The molecular formula is C13H18N4O4. The highest BCUT2D eigenvalue weighted by atomic mass is 16.4. The maximum atomic E-state index is 12.1. The lowest BCUT2D eigenvalue weighted by atomic mass is 10.1.